The van der Waals surface area contributed by atoms with Gasteiger partial charge in [0.05, 0.1) is 27.6 Å². The normalized spacial score (nSPS) is 12.0. The lowest BCUT2D eigenvalue weighted by Gasteiger charge is -2.27. The van der Waals surface area contributed by atoms with E-state index in [-0.39, 0.29) is 5.69 Å². The number of nitrogens with zero attached hydrogens (tertiary/aromatic N) is 2. The van der Waals surface area contributed by atoms with Crippen molar-refractivity contribution in [3.8, 4) is 0 Å². The van der Waals surface area contributed by atoms with Gasteiger partial charge >= 0.3 is 0 Å². The summed E-state index contributed by atoms with van der Waals surface area (Å²) in [5.74, 6) is 0. The number of fused-ring (bicyclic) bond motifs is 1. The molecule has 23 heavy (non-hydrogen) atoms. The molecule has 0 radical (unpaired) electrons. The Morgan fingerprint density at radius 2 is 1.57 bits per heavy atom. The number of benzene rings is 3. The molecule has 0 aliphatic rings. The first-order valence-electron chi connectivity index (χ1n) is 6.69. The second-order valence-corrected chi connectivity index (χ2v) is 5.58. The van der Waals surface area contributed by atoms with Gasteiger partial charge in [-0.25, -0.2) is 0 Å². The van der Waals surface area contributed by atoms with Gasteiger partial charge in [-0.3, -0.25) is 18.6 Å². The van der Waals surface area contributed by atoms with E-state index in [1.54, 1.807) is 12.1 Å². The molecule has 0 aliphatic carbocycles. The summed E-state index contributed by atoms with van der Waals surface area (Å²) in [5.41, 5.74) is 0.730. The Hall–Kier alpha value is -2.77. The number of nitro benzene ring substituents is 1. The molecule has 0 N–H and O–H groups in total. The first-order valence-corrected chi connectivity index (χ1v) is 7.73. The number of non-ortho nitro benzene ring substituents is 1. The predicted octanol–water partition coefficient (Wildman–Crippen LogP) is 3.68. The number of nitro groups is 1. The highest BCUT2D eigenvalue weighted by Gasteiger charge is 2.14. The van der Waals surface area contributed by atoms with Crippen LogP contribution in [0.4, 0.5) is 17.1 Å². The molecule has 0 amide bonds. The first-order chi connectivity index (χ1) is 11.1. The lowest BCUT2D eigenvalue weighted by atomic mass is 10.1. The molecule has 0 fully saturated rings. The number of anilines is 2. The zero-order valence-corrected chi connectivity index (χ0v) is 12.6. The van der Waals surface area contributed by atoms with Crippen LogP contribution in [0.2, 0.25) is 0 Å². The van der Waals surface area contributed by atoms with E-state index in [0.29, 0.717) is 11.4 Å². The summed E-state index contributed by atoms with van der Waals surface area (Å²) in [6, 6.07) is 18.1. The SMILES string of the molecule is O=[N+]([O-])c1ccc(N(c2cccc3ccccc23)S(=O)[O-])cc1. The summed E-state index contributed by atoms with van der Waals surface area (Å²) in [6.07, 6.45) is 0. The Morgan fingerprint density at radius 1 is 0.913 bits per heavy atom. The Kier molecular flexibility index (Phi) is 4.05. The fourth-order valence-electron chi connectivity index (χ4n) is 2.40. The fourth-order valence-corrected chi connectivity index (χ4v) is 3.01. The lowest BCUT2D eigenvalue weighted by molar-refractivity contribution is -0.384. The molecular formula is C16H11N2O4S-. The smallest absolute Gasteiger partial charge is 0.269 e. The van der Waals surface area contributed by atoms with Crippen molar-refractivity contribution in [2.24, 2.45) is 0 Å². The molecule has 1 atom stereocenters. The van der Waals surface area contributed by atoms with Crippen molar-refractivity contribution >= 4 is 39.1 Å². The number of hydrogen-bond donors (Lipinski definition) is 0. The van der Waals surface area contributed by atoms with Crippen LogP contribution >= 0.6 is 0 Å². The number of hydrogen-bond acceptors (Lipinski definition) is 4. The van der Waals surface area contributed by atoms with Crippen LogP contribution in [-0.4, -0.2) is 13.7 Å². The average molecular weight is 327 g/mol. The minimum Gasteiger partial charge on any atom is -0.755 e. The maximum Gasteiger partial charge on any atom is 0.269 e. The molecule has 1 unspecified atom stereocenters. The van der Waals surface area contributed by atoms with Crippen LogP contribution in [0.15, 0.2) is 66.7 Å². The van der Waals surface area contributed by atoms with E-state index in [1.807, 2.05) is 30.3 Å². The second-order valence-electron chi connectivity index (χ2n) is 4.78. The molecule has 0 aliphatic heterocycles. The molecule has 0 spiro atoms. The van der Waals surface area contributed by atoms with Gasteiger partial charge in [0.25, 0.3) is 5.69 Å². The van der Waals surface area contributed by atoms with Crippen LogP contribution in [0, 0.1) is 10.1 Å². The summed E-state index contributed by atoms with van der Waals surface area (Å²) in [7, 11) is 0. The first kappa shape index (κ1) is 15.1. The molecule has 3 aromatic rings. The van der Waals surface area contributed by atoms with Crippen molar-refractivity contribution in [2.75, 3.05) is 4.31 Å². The van der Waals surface area contributed by atoms with Gasteiger partial charge in [0.1, 0.15) is 0 Å². The molecular weight excluding hydrogens is 316 g/mol. The molecule has 116 valence electrons. The van der Waals surface area contributed by atoms with Crippen LogP contribution < -0.4 is 4.31 Å². The molecule has 6 nitrogen and oxygen atoms in total. The largest absolute Gasteiger partial charge is 0.755 e. The third kappa shape index (κ3) is 2.92. The molecule has 0 saturated heterocycles. The van der Waals surface area contributed by atoms with Crippen LogP contribution in [0.5, 0.6) is 0 Å². The summed E-state index contributed by atoms with van der Waals surface area (Å²) in [5, 5.41) is 12.4. The van der Waals surface area contributed by atoms with Crippen molar-refractivity contribution in [3.05, 3.63) is 76.8 Å². The third-order valence-electron chi connectivity index (χ3n) is 3.43. The van der Waals surface area contributed by atoms with Crippen molar-refractivity contribution in [3.63, 3.8) is 0 Å². The predicted molar refractivity (Wildman–Crippen MR) is 88.1 cm³/mol. The van der Waals surface area contributed by atoms with E-state index in [9.17, 15) is 18.9 Å². The minimum absolute atomic E-state index is 0.0942. The van der Waals surface area contributed by atoms with Gasteiger partial charge < -0.3 is 4.55 Å². The fraction of sp³-hybridized carbons (Fsp3) is 0. The van der Waals surface area contributed by atoms with Crippen molar-refractivity contribution in [1.29, 1.82) is 0 Å². The Morgan fingerprint density at radius 3 is 2.22 bits per heavy atom. The third-order valence-corrected chi connectivity index (χ3v) is 4.14. The zero-order chi connectivity index (χ0) is 16.4. The quantitative estimate of drug-likeness (QED) is 0.415. The molecule has 0 saturated carbocycles. The highest BCUT2D eigenvalue weighted by atomic mass is 32.2. The maximum absolute atomic E-state index is 11.8. The molecule has 0 bridgehead atoms. The van der Waals surface area contributed by atoms with Crippen LogP contribution in [0.1, 0.15) is 0 Å². The lowest BCUT2D eigenvalue weighted by Crippen LogP contribution is -2.19. The van der Waals surface area contributed by atoms with E-state index in [2.05, 4.69) is 0 Å². The Balaban J connectivity index is 2.15. The molecule has 7 heteroatoms. The topological polar surface area (TPSA) is 86.5 Å². The van der Waals surface area contributed by atoms with E-state index in [1.165, 1.54) is 24.3 Å². The van der Waals surface area contributed by atoms with Crippen LogP contribution in [0.3, 0.4) is 0 Å². The van der Waals surface area contributed by atoms with Gasteiger partial charge in [-0.05, 0) is 23.6 Å². The van der Waals surface area contributed by atoms with Crippen LogP contribution in [0.25, 0.3) is 10.8 Å². The highest BCUT2D eigenvalue weighted by Crippen LogP contribution is 2.33. The Labute approximate surface area is 134 Å². The van der Waals surface area contributed by atoms with E-state index in [0.717, 1.165) is 15.1 Å². The highest BCUT2D eigenvalue weighted by molar-refractivity contribution is 7.81. The van der Waals surface area contributed by atoms with Gasteiger partial charge in [0, 0.05) is 17.5 Å². The van der Waals surface area contributed by atoms with Gasteiger partial charge in [0.2, 0.25) is 0 Å². The van der Waals surface area contributed by atoms with Gasteiger partial charge in [-0.15, -0.1) is 0 Å². The molecule has 3 rings (SSSR count). The Bertz CT molecular complexity index is 891. The minimum atomic E-state index is -2.57. The molecule has 0 aromatic heterocycles. The number of rotatable bonds is 4. The summed E-state index contributed by atoms with van der Waals surface area (Å²) < 4.78 is 24.6. The van der Waals surface area contributed by atoms with Crippen molar-refractivity contribution in [1.82, 2.24) is 0 Å². The summed E-state index contributed by atoms with van der Waals surface area (Å²) in [6.45, 7) is 0. The van der Waals surface area contributed by atoms with E-state index in [4.69, 9.17) is 0 Å². The van der Waals surface area contributed by atoms with Gasteiger partial charge in [-0.2, -0.15) is 0 Å². The van der Waals surface area contributed by atoms with E-state index >= 15 is 0 Å². The zero-order valence-electron chi connectivity index (χ0n) is 11.8. The molecule has 3 aromatic carbocycles. The summed E-state index contributed by atoms with van der Waals surface area (Å²) >= 11 is -2.57. The second kappa shape index (κ2) is 6.15. The van der Waals surface area contributed by atoms with Crippen LogP contribution in [-0.2, 0) is 11.3 Å². The summed E-state index contributed by atoms with van der Waals surface area (Å²) in [4.78, 5) is 10.2. The van der Waals surface area contributed by atoms with Gasteiger partial charge in [-0.1, -0.05) is 36.4 Å². The maximum atomic E-state index is 11.8. The van der Waals surface area contributed by atoms with Gasteiger partial charge in [0.15, 0.2) is 0 Å². The van der Waals surface area contributed by atoms with Crippen molar-refractivity contribution in [2.45, 2.75) is 0 Å². The van der Waals surface area contributed by atoms with Crippen molar-refractivity contribution < 1.29 is 13.7 Å². The average Bonchev–Trinajstić information content (AvgIpc) is 2.55. The standard InChI is InChI=1S/C16H12N2O4S/c19-18(20)14-10-8-13(9-11-14)17(23(21)22)16-7-3-5-12-4-1-2-6-15(12)16/h1-11H,(H,21,22)/p-1. The van der Waals surface area contributed by atoms with E-state index < -0.39 is 16.2 Å². The monoisotopic (exact) mass is 327 g/mol. The molecule has 0 heterocycles.